The van der Waals surface area contributed by atoms with Crippen molar-refractivity contribution in [1.82, 2.24) is 19.4 Å². The van der Waals surface area contributed by atoms with Crippen LogP contribution >= 0.6 is 0 Å². The summed E-state index contributed by atoms with van der Waals surface area (Å²) in [5.74, 6) is 0. The van der Waals surface area contributed by atoms with E-state index in [-0.39, 0.29) is 0 Å². The molecule has 0 aromatic carbocycles. The quantitative estimate of drug-likeness (QED) is 0.821. The van der Waals surface area contributed by atoms with Gasteiger partial charge in [-0.05, 0) is 13.5 Å². The molecule has 0 amide bonds. The van der Waals surface area contributed by atoms with Crippen molar-refractivity contribution in [2.75, 3.05) is 33.2 Å². The van der Waals surface area contributed by atoms with Gasteiger partial charge in [-0.3, -0.25) is 4.90 Å². The largest absolute Gasteiger partial charge is 0.336 e. The smallest absolute Gasteiger partial charge is 0.0950 e. The van der Waals surface area contributed by atoms with Gasteiger partial charge in [0.15, 0.2) is 0 Å². The van der Waals surface area contributed by atoms with Crippen LogP contribution in [-0.4, -0.2) is 58.6 Å². The molecule has 5 heteroatoms. The summed E-state index contributed by atoms with van der Waals surface area (Å²) in [6.45, 7) is 8.19. The van der Waals surface area contributed by atoms with Gasteiger partial charge in [0.2, 0.25) is 0 Å². The number of rotatable bonds is 5. The SMILES string of the molecule is CCC1CN(Cc2cn(CCN)cn2)CCN1C. The molecule has 1 aliphatic heterocycles. The third kappa shape index (κ3) is 3.31. The number of piperazine rings is 1. The molecule has 0 saturated carbocycles. The fourth-order valence-corrected chi connectivity index (χ4v) is 2.58. The molecule has 1 aromatic rings. The molecule has 102 valence electrons. The lowest BCUT2D eigenvalue weighted by atomic mass is 10.1. The molecule has 1 unspecified atom stereocenters. The average molecular weight is 251 g/mol. The highest BCUT2D eigenvalue weighted by molar-refractivity contribution is 4.97. The molecule has 1 aliphatic rings. The number of hydrogen-bond acceptors (Lipinski definition) is 4. The van der Waals surface area contributed by atoms with Gasteiger partial charge >= 0.3 is 0 Å². The number of nitrogens with two attached hydrogens (primary N) is 1. The molecular formula is C13H25N5. The van der Waals surface area contributed by atoms with Crippen molar-refractivity contribution in [3.63, 3.8) is 0 Å². The fourth-order valence-electron chi connectivity index (χ4n) is 2.58. The molecule has 18 heavy (non-hydrogen) atoms. The molecular weight excluding hydrogens is 226 g/mol. The summed E-state index contributed by atoms with van der Waals surface area (Å²) in [5.41, 5.74) is 6.70. The van der Waals surface area contributed by atoms with E-state index in [1.807, 2.05) is 6.33 Å². The van der Waals surface area contributed by atoms with Crippen LogP contribution in [0.2, 0.25) is 0 Å². The van der Waals surface area contributed by atoms with Crippen LogP contribution in [0.1, 0.15) is 19.0 Å². The zero-order valence-corrected chi connectivity index (χ0v) is 11.5. The third-order valence-electron chi connectivity index (χ3n) is 3.79. The first kappa shape index (κ1) is 13.5. The first-order valence-corrected chi connectivity index (χ1v) is 6.86. The molecule has 0 radical (unpaired) electrons. The van der Waals surface area contributed by atoms with E-state index in [9.17, 15) is 0 Å². The van der Waals surface area contributed by atoms with Gasteiger partial charge in [0.25, 0.3) is 0 Å². The second-order valence-electron chi connectivity index (χ2n) is 5.17. The zero-order chi connectivity index (χ0) is 13.0. The summed E-state index contributed by atoms with van der Waals surface area (Å²) in [7, 11) is 2.22. The van der Waals surface area contributed by atoms with Gasteiger partial charge in [0.05, 0.1) is 12.0 Å². The Balaban J connectivity index is 1.88. The van der Waals surface area contributed by atoms with Crippen LogP contribution in [0.3, 0.4) is 0 Å². The van der Waals surface area contributed by atoms with Crippen LogP contribution in [-0.2, 0) is 13.1 Å². The predicted molar refractivity (Wildman–Crippen MR) is 73.3 cm³/mol. The van der Waals surface area contributed by atoms with Gasteiger partial charge in [-0.15, -0.1) is 0 Å². The van der Waals surface area contributed by atoms with E-state index in [0.717, 1.165) is 38.4 Å². The number of likely N-dealkylation sites (N-methyl/N-ethyl adjacent to an activating group) is 1. The van der Waals surface area contributed by atoms with Crippen LogP contribution in [0.25, 0.3) is 0 Å². The van der Waals surface area contributed by atoms with E-state index in [4.69, 9.17) is 5.73 Å². The first-order valence-electron chi connectivity index (χ1n) is 6.86. The van der Waals surface area contributed by atoms with E-state index in [1.54, 1.807) is 0 Å². The topological polar surface area (TPSA) is 50.3 Å². The van der Waals surface area contributed by atoms with Gasteiger partial charge < -0.3 is 15.2 Å². The van der Waals surface area contributed by atoms with Crippen molar-refractivity contribution < 1.29 is 0 Å². The maximum absolute atomic E-state index is 5.54. The minimum Gasteiger partial charge on any atom is -0.336 e. The standard InChI is InChI=1S/C13H25N5/c1-3-13-10-17(7-6-16(13)2)8-12-9-18(5-4-14)11-15-12/h9,11,13H,3-8,10,14H2,1-2H3. The highest BCUT2D eigenvalue weighted by Gasteiger charge is 2.23. The Hall–Kier alpha value is -0.910. The van der Waals surface area contributed by atoms with E-state index < -0.39 is 0 Å². The molecule has 1 fully saturated rings. The molecule has 2 heterocycles. The maximum atomic E-state index is 5.54. The van der Waals surface area contributed by atoms with Crippen molar-refractivity contribution >= 4 is 0 Å². The highest BCUT2D eigenvalue weighted by atomic mass is 15.3. The van der Waals surface area contributed by atoms with Crippen molar-refractivity contribution in [3.8, 4) is 0 Å². The molecule has 2 rings (SSSR count). The Kier molecular flexibility index (Phi) is 4.74. The van der Waals surface area contributed by atoms with E-state index >= 15 is 0 Å². The summed E-state index contributed by atoms with van der Waals surface area (Å²) in [4.78, 5) is 9.42. The van der Waals surface area contributed by atoms with Gasteiger partial charge in [0, 0.05) is 51.5 Å². The molecule has 1 aromatic heterocycles. The highest BCUT2D eigenvalue weighted by Crippen LogP contribution is 2.13. The van der Waals surface area contributed by atoms with Gasteiger partial charge in [-0.1, -0.05) is 6.92 Å². The molecule has 0 aliphatic carbocycles. The zero-order valence-electron chi connectivity index (χ0n) is 11.5. The van der Waals surface area contributed by atoms with Crippen LogP contribution in [0.15, 0.2) is 12.5 Å². The lowest BCUT2D eigenvalue weighted by molar-refractivity contribution is 0.0876. The van der Waals surface area contributed by atoms with Crippen LogP contribution in [0.5, 0.6) is 0 Å². The Morgan fingerprint density at radius 1 is 1.44 bits per heavy atom. The molecule has 2 N–H and O–H groups in total. The minimum atomic E-state index is 0.669. The summed E-state index contributed by atoms with van der Waals surface area (Å²) in [5, 5.41) is 0. The fraction of sp³-hybridized carbons (Fsp3) is 0.769. The number of nitrogens with zero attached hydrogens (tertiary/aromatic N) is 4. The second-order valence-corrected chi connectivity index (χ2v) is 5.17. The van der Waals surface area contributed by atoms with E-state index in [0.29, 0.717) is 12.6 Å². The molecule has 0 bridgehead atoms. The van der Waals surface area contributed by atoms with Crippen LogP contribution in [0.4, 0.5) is 0 Å². The Labute approximate surface area is 110 Å². The maximum Gasteiger partial charge on any atom is 0.0950 e. The van der Waals surface area contributed by atoms with Crippen molar-refractivity contribution in [2.45, 2.75) is 32.5 Å². The predicted octanol–water partition coefficient (Wildman–Crippen LogP) is 0.368. The Bertz CT molecular complexity index is 362. The Morgan fingerprint density at radius 2 is 2.28 bits per heavy atom. The van der Waals surface area contributed by atoms with Gasteiger partial charge in [-0.25, -0.2) is 4.98 Å². The van der Waals surface area contributed by atoms with E-state index in [2.05, 4.69) is 39.5 Å². The molecule has 5 nitrogen and oxygen atoms in total. The lowest BCUT2D eigenvalue weighted by Crippen LogP contribution is -2.50. The van der Waals surface area contributed by atoms with Crippen molar-refractivity contribution in [3.05, 3.63) is 18.2 Å². The average Bonchev–Trinajstić information content (AvgIpc) is 2.80. The number of imidazole rings is 1. The van der Waals surface area contributed by atoms with Crippen molar-refractivity contribution in [1.29, 1.82) is 0 Å². The number of hydrogen-bond donors (Lipinski definition) is 1. The van der Waals surface area contributed by atoms with Gasteiger partial charge in [-0.2, -0.15) is 0 Å². The van der Waals surface area contributed by atoms with E-state index in [1.165, 1.54) is 6.42 Å². The Morgan fingerprint density at radius 3 is 3.00 bits per heavy atom. The first-order chi connectivity index (χ1) is 8.72. The normalized spacial score (nSPS) is 22.5. The monoisotopic (exact) mass is 251 g/mol. The summed E-state index contributed by atoms with van der Waals surface area (Å²) in [6, 6.07) is 0.685. The van der Waals surface area contributed by atoms with Crippen molar-refractivity contribution in [2.24, 2.45) is 5.73 Å². The van der Waals surface area contributed by atoms with Gasteiger partial charge in [0.1, 0.15) is 0 Å². The number of aromatic nitrogens is 2. The summed E-state index contributed by atoms with van der Waals surface area (Å²) >= 11 is 0. The molecule has 1 saturated heterocycles. The molecule has 0 spiro atoms. The third-order valence-corrected chi connectivity index (χ3v) is 3.79. The molecule has 1 atom stereocenters. The summed E-state index contributed by atoms with van der Waals surface area (Å²) in [6.07, 6.45) is 5.22. The second kappa shape index (κ2) is 6.31. The minimum absolute atomic E-state index is 0.669. The van der Waals surface area contributed by atoms with Crippen LogP contribution in [0, 0.1) is 0 Å². The van der Waals surface area contributed by atoms with Crippen LogP contribution < -0.4 is 5.73 Å². The summed E-state index contributed by atoms with van der Waals surface area (Å²) < 4.78 is 2.07. The lowest BCUT2D eigenvalue weighted by Gasteiger charge is -2.38.